The van der Waals surface area contributed by atoms with Crippen LogP contribution >= 0.6 is 11.6 Å². The first-order valence-corrected chi connectivity index (χ1v) is 5.45. The largest absolute Gasteiger partial charge is 0.373 e. The summed E-state index contributed by atoms with van der Waals surface area (Å²) in [5.41, 5.74) is -0.456. The molecule has 0 bridgehead atoms. The van der Waals surface area contributed by atoms with Crippen LogP contribution in [0.15, 0.2) is 11.0 Å². The SMILES string of the molecule is CC(C)(C)NC(=O)CNc1cn[nH]c(=O)c1Cl. The lowest BCUT2D eigenvalue weighted by atomic mass is 10.1. The van der Waals surface area contributed by atoms with E-state index in [0.29, 0.717) is 5.69 Å². The van der Waals surface area contributed by atoms with E-state index in [9.17, 15) is 9.59 Å². The molecule has 0 fully saturated rings. The van der Waals surface area contributed by atoms with E-state index in [1.807, 2.05) is 20.8 Å². The molecule has 0 atom stereocenters. The Hall–Kier alpha value is -1.56. The first kappa shape index (κ1) is 13.5. The van der Waals surface area contributed by atoms with E-state index in [0.717, 1.165) is 0 Å². The van der Waals surface area contributed by atoms with E-state index in [1.165, 1.54) is 6.20 Å². The number of rotatable bonds is 3. The molecule has 6 nitrogen and oxygen atoms in total. The lowest BCUT2D eigenvalue weighted by Gasteiger charge is -2.20. The Balaban J connectivity index is 2.60. The van der Waals surface area contributed by atoms with Gasteiger partial charge in [-0.2, -0.15) is 5.10 Å². The number of H-pyrrole nitrogens is 1. The molecule has 17 heavy (non-hydrogen) atoms. The van der Waals surface area contributed by atoms with E-state index in [1.54, 1.807) is 0 Å². The van der Waals surface area contributed by atoms with Crippen LogP contribution in [0.2, 0.25) is 5.02 Å². The quantitative estimate of drug-likeness (QED) is 0.747. The lowest BCUT2D eigenvalue weighted by Crippen LogP contribution is -2.43. The fraction of sp³-hybridized carbons (Fsp3) is 0.500. The highest BCUT2D eigenvalue weighted by molar-refractivity contribution is 6.32. The molecular formula is C10H15ClN4O2. The number of anilines is 1. The molecule has 0 aliphatic rings. The fourth-order valence-corrected chi connectivity index (χ4v) is 1.30. The summed E-state index contributed by atoms with van der Waals surface area (Å²) < 4.78 is 0. The molecule has 3 N–H and O–H groups in total. The number of carbonyl (C=O) groups excluding carboxylic acids is 1. The molecule has 0 saturated carbocycles. The highest BCUT2D eigenvalue weighted by Crippen LogP contribution is 2.13. The van der Waals surface area contributed by atoms with Gasteiger partial charge in [0.15, 0.2) is 0 Å². The van der Waals surface area contributed by atoms with Crippen molar-refractivity contribution in [1.29, 1.82) is 0 Å². The summed E-state index contributed by atoms with van der Waals surface area (Å²) in [5.74, 6) is -0.186. The van der Waals surface area contributed by atoms with E-state index in [4.69, 9.17) is 11.6 Å². The highest BCUT2D eigenvalue weighted by Gasteiger charge is 2.14. The highest BCUT2D eigenvalue weighted by atomic mass is 35.5. The topological polar surface area (TPSA) is 86.9 Å². The second kappa shape index (κ2) is 5.18. The van der Waals surface area contributed by atoms with Gasteiger partial charge < -0.3 is 10.6 Å². The molecule has 0 aliphatic heterocycles. The number of hydrogen-bond donors (Lipinski definition) is 3. The van der Waals surface area contributed by atoms with Crippen LogP contribution in [0.3, 0.4) is 0 Å². The average Bonchev–Trinajstić information content (AvgIpc) is 2.18. The summed E-state index contributed by atoms with van der Waals surface area (Å²) in [4.78, 5) is 22.6. The summed E-state index contributed by atoms with van der Waals surface area (Å²) in [6.45, 7) is 5.67. The molecule has 7 heteroatoms. The summed E-state index contributed by atoms with van der Waals surface area (Å²) in [5, 5.41) is 11.3. The Labute approximate surface area is 104 Å². The molecule has 1 heterocycles. The molecule has 94 valence electrons. The number of aromatic nitrogens is 2. The monoisotopic (exact) mass is 258 g/mol. The van der Waals surface area contributed by atoms with Crippen molar-refractivity contribution in [1.82, 2.24) is 15.5 Å². The predicted octanol–water partition coefficient (Wildman–Crippen LogP) is 0.750. The Kier molecular flexibility index (Phi) is 4.11. The van der Waals surface area contributed by atoms with Crippen molar-refractivity contribution in [3.05, 3.63) is 21.6 Å². The Bertz CT molecular complexity index is 464. The van der Waals surface area contributed by atoms with Crippen molar-refractivity contribution >= 4 is 23.2 Å². The summed E-state index contributed by atoms with van der Waals surface area (Å²) in [6.07, 6.45) is 1.36. The third-order valence-electron chi connectivity index (χ3n) is 1.75. The van der Waals surface area contributed by atoms with Crippen LogP contribution in [0.1, 0.15) is 20.8 Å². The van der Waals surface area contributed by atoms with Gasteiger partial charge in [0.2, 0.25) is 5.91 Å². The van der Waals surface area contributed by atoms with E-state index < -0.39 is 5.56 Å². The van der Waals surface area contributed by atoms with Crippen molar-refractivity contribution in [2.75, 3.05) is 11.9 Å². The smallest absolute Gasteiger partial charge is 0.285 e. The van der Waals surface area contributed by atoms with Gasteiger partial charge in [-0.3, -0.25) is 9.59 Å². The molecule has 0 aliphatic carbocycles. The predicted molar refractivity (Wildman–Crippen MR) is 66.3 cm³/mol. The molecule has 0 radical (unpaired) electrons. The molecule has 1 amide bonds. The summed E-state index contributed by atoms with van der Waals surface area (Å²) in [6, 6.07) is 0. The minimum absolute atomic E-state index is 0.0106. The van der Waals surface area contributed by atoms with Crippen LogP contribution in [-0.2, 0) is 4.79 Å². The minimum Gasteiger partial charge on any atom is -0.373 e. The van der Waals surface area contributed by atoms with Gasteiger partial charge in [0, 0.05) is 5.54 Å². The van der Waals surface area contributed by atoms with Crippen LogP contribution in [0.25, 0.3) is 0 Å². The van der Waals surface area contributed by atoms with Gasteiger partial charge in [-0.1, -0.05) is 11.6 Å². The number of hydrogen-bond acceptors (Lipinski definition) is 4. The Morgan fingerprint density at radius 2 is 2.18 bits per heavy atom. The van der Waals surface area contributed by atoms with Gasteiger partial charge in [0.05, 0.1) is 18.4 Å². The normalized spacial score (nSPS) is 11.1. The van der Waals surface area contributed by atoms with Crippen molar-refractivity contribution < 1.29 is 4.79 Å². The lowest BCUT2D eigenvalue weighted by molar-refractivity contribution is -0.120. The van der Waals surface area contributed by atoms with Gasteiger partial charge in [0.25, 0.3) is 5.56 Å². The summed E-state index contributed by atoms with van der Waals surface area (Å²) >= 11 is 5.73. The van der Waals surface area contributed by atoms with Gasteiger partial charge in [-0.05, 0) is 20.8 Å². The first-order chi connectivity index (χ1) is 7.79. The number of carbonyl (C=O) groups is 1. The number of aromatic amines is 1. The number of nitrogens with zero attached hydrogens (tertiary/aromatic N) is 1. The zero-order valence-electron chi connectivity index (χ0n) is 9.93. The standard InChI is InChI=1S/C10H15ClN4O2/c1-10(2,3)14-7(16)5-12-6-4-13-15-9(17)8(6)11/h4H,5H2,1-3H3,(H,14,16)(H2,12,15,17). The number of amides is 1. The minimum atomic E-state index is -0.493. The fourth-order valence-electron chi connectivity index (χ4n) is 1.14. The van der Waals surface area contributed by atoms with Crippen LogP contribution in [0, 0.1) is 0 Å². The van der Waals surface area contributed by atoms with E-state index in [-0.39, 0.29) is 23.0 Å². The van der Waals surface area contributed by atoms with Gasteiger partial charge >= 0.3 is 0 Å². The zero-order chi connectivity index (χ0) is 13.1. The zero-order valence-corrected chi connectivity index (χ0v) is 10.7. The second-order valence-corrected chi connectivity index (χ2v) is 4.96. The molecule has 1 aromatic heterocycles. The molecule has 0 spiro atoms. The maximum atomic E-state index is 11.5. The molecular weight excluding hydrogens is 244 g/mol. The molecule has 0 saturated heterocycles. The number of nitrogens with one attached hydrogen (secondary N) is 3. The number of halogens is 1. The van der Waals surface area contributed by atoms with E-state index >= 15 is 0 Å². The van der Waals surface area contributed by atoms with Crippen molar-refractivity contribution in [2.24, 2.45) is 0 Å². The van der Waals surface area contributed by atoms with Crippen LogP contribution < -0.4 is 16.2 Å². The van der Waals surface area contributed by atoms with Crippen molar-refractivity contribution in [2.45, 2.75) is 26.3 Å². The van der Waals surface area contributed by atoms with Crippen molar-refractivity contribution in [3.8, 4) is 0 Å². The third kappa shape index (κ3) is 4.44. The van der Waals surface area contributed by atoms with Crippen LogP contribution in [0.4, 0.5) is 5.69 Å². The first-order valence-electron chi connectivity index (χ1n) is 5.07. The molecule has 0 aromatic carbocycles. The van der Waals surface area contributed by atoms with Gasteiger partial charge in [-0.25, -0.2) is 5.10 Å². The average molecular weight is 259 g/mol. The molecule has 1 rings (SSSR count). The second-order valence-electron chi connectivity index (χ2n) is 4.58. The Morgan fingerprint density at radius 3 is 2.76 bits per heavy atom. The van der Waals surface area contributed by atoms with Crippen LogP contribution in [0.5, 0.6) is 0 Å². The van der Waals surface area contributed by atoms with Crippen LogP contribution in [-0.4, -0.2) is 28.2 Å². The maximum absolute atomic E-state index is 11.5. The summed E-state index contributed by atoms with van der Waals surface area (Å²) in [7, 11) is 0. The third-order valence-corrected chi connectivity index (χ3v) is 2.12. The van der Waals surface area contributed by atoms with Crippen molar-refractivity contribution in [3.63, 3.8) is 0 Å². The Morgan fingerprint density at radius 1 is 1.53 bits per heavy atom. The van der Waals surface area contributed by atoms with E-state index in [2.05, 4.69) is 20.8 Å². The molecule has 1 aromatic rings. The van der Waals surface area contributed by atoms with Gasteiger partial charge in [-0.15, -0.1) is 0 Å². The van der Waals surface area contributed by atoms with Gasteiger partial charge in [0.1, 0.15) is 5.02 Å². The maximum Gasteiger partial charge on any atom is 0.285 e. The molecule has 0 unspecified atom stereocenters.